The van der Waals surface area contributed by atoms with Gasteiger partial charge in [-0.15, -0.1) is 0 Å². The summed E-state index contributed by atoms with van der Waals surface area (Å²) in [7, 11) is 0. The van der Waals surface area contributed by atoms with Crippen LogP contribution in [0.2, 0.25) is 0 Å². The van der Waals surface area contributed by atoms with E-state index in [2.05, 4.69) is 72.6 Å². The van der Waals surface area contributed by atoms with E-state index in [0.29, 0.717) is 6.42 Å². The van der Waals surface area contributed by atoms with Crippen molar-refractivity contribution in [3.8, 4) is 6.07 Å². The zero-order valence-electron chi connectivity index (χ0n) is 38.9. The summed E-state index contributed by atoms with van der Waals surface area (Å²) in [4.78, 5) is 2.79. The first-order chi connectivity index (χ1) is 25.7. The van der Waals surface area contributed by atoms with Crippen LogP contribution in [0.25, 0.3) is 0 Å². The van der Waals surface area contributed by atoms with Gasteiger partial charge in [-0.1, -0.05) is 190 Å². The van der Waals surface area contributed by atoms with Crippen LogP contribution in [0.15, 0.2) is 24.3 Å². The second-order valence-corrected chi connectivity index (χ2v) is 16.8. The normalized spacial score (nSPS) is 13.9. The Morgan fingerprint density at radius 3 is 1.43 bits per heavy atom. The van der Waals surface area contributed by atoms with E-state index in [4.69, 9.17) is 5.26 Å². The molecule has 0 saturated heterocycles. The molecular formula is C51H102N2. The molecule has 0 saturated carbocycles. The SMILES string of the molecule is C=C(CCCCCC(C)CN(CCCCCC#N)CC(C)CCCCCC(=C)C(CCCC)CC(C)CCC)C(CCCC)CCCCC.CC.CC. The number of nitriles is 1. The van der Waals surface area contributed by atoms with Gasteiger partial charge in [0.25, 0.3) is 0 Å². The summed E-state index contributed by atoms with van der Waals surface area (Å²) in [5, 5.41) is 8.97. The predicted molar refractivity (Wildman–Crippen MR) is 245 cm³/mol. The molecule has 2 heteroatoms. The molecule has 0 radical (unpaired) electrons. The first kappa shape index (κ1) is 56.3. The summed E-state index contributed by atoms with van der Waals surface area (Å²) < 4.78 is 0. The fourth-order valence-electron chi connectivity index (χ4n) is 8.17. The molecule has 0 aromatic rings. The van der Waals surface area contributed by atoms with Crippen LogP contribution in [0.4, 0.5) is 0 Å². The van der Waals surface area contributed by atoms with Crippen molar-refractivity contribution in [2.45, 2.75) is 250 Å². The summed E-state index contributed by atoms with van der Waals surface area (Å²) in [5.41, 5.74) is 3.09. The second kappa shape index (κ2) is 43.7. The summed E-state index contributed by atoms with van der Waals surface area (Å²) in [6.45, 7) is 37.6. The van der Waals surface area contributed by atoms with Crippen LogP contribution in [0, 0.1) is 40.9 Å². The Balaban J connectivity index is -0.00000602. The van der Waals surface area contributed by atoms with Gasteiger partial charge in [0, 0.05) is 19.5 Å². The lowest BCUT2D eigenvalue weighted by Crippen LogP contribution is -2.33. The molecule has 5 atom stereocenters. The summed E-state index contributed by atoms with van der Waals surface area (Å²) >= 11 is 0. The highest BCUT2D eigenvalue weighted by molar-refractivity contribution is 5.01. The van der Waals surface area contributed by atoms with Crippen molar-refractivity contribution in [3.63, 3.8) is 0 Å². The highest BCUT2D eigenvalue weighted by atomic mass is 15.1. The van der Waals surface area contributed by atoms with Gasteiger partial charge in [-0.25, -0.2) is 0 Å². The van der Waals surface area contributed by atoms with E-state index in [1.54, 1.807) is 11.1 Å². The average molecular weight is 743 g/mol. The molecule has 0 aliphatic heterocycles. The van der Waals surface area contributed by atoms with Gasteiger partial charge in [0.15, 0.2) is 0 Å². The monoisotopic (exact) mass is 743 g/mol. The van der Waals surface area contributed by atoms with Crippen LogP contribution in [0.5, 0.6) is 0 Å². The number of hydrogen-bond donors (Lipinski definition) is 0. The molecular weight excluding hydrogens is 641 g/mol. The Kier molecular flexibility index (Phi) is 46.3. The van der Waals surface area contributed by atoms with E-state index in [1.165, 1.54) is 180 Å². The van der Waals surface area contributed by atoms with Gasteiger partial charge >= 0.3 is 0 Å². The fourth-order valence-corrected chi connectivity index (χ4v) is 8.17. The van der Waals surface area contributed by atoms with Crippen LogP contribution in [-0.2, 0) is 0 Å². The molecule has 5 unspecified atom stereocenters. The van der Waals surface area contributed by atoms with E-state index < -0.39 is 0 Å². The molecule has 0 aliphatic carbocycles. The Hall–Kier alpha value is -1.07. The summed E-state index contributed by atoms with van der Waals surface area (Å²) in [5.74, 6) is 3.85. The van der Waals surface area contributed by atoms with Crippen molar-refractivity contribution >= 4 is 0 Å². The minimum absolute atomic E-state index is 0.709. The maximum absolute atomic E-state index is 8.97. The summed E-state index contributed by atoms with van der Waals surface area (Å²) in [6.07, 6.45) is 34.9. The molecule has 2 nitrogen and oxygen atoms in total. The highest BCUT2D eigenvalue weighted by Crippen LogP contribution is 2.30. The number of allylic oxidation sites excluding steroid dienone is 2. The Morgan fingerprint density at radius 1 is 0.491 bits per heavy atom. The first-order valence-electron chi connectivity index (χ1n) is 24.2. The van der Waals surface area contributed by atoms with E-state index in [1.807, 2.05) is 27.7 Å². The van der Waals surface area contributed by atoms with E-state index in [0.717, 1.165) is 36.0 Å². The van der Waals surface area contributed by atoms with Gasteiger partial charge in [-0.2, -0.15) is 5.26 Å². The van der Waals surface area contributed by atoms with Crippen molar-refractivity contribution < 1.29 is 0 Å². The molecule has 0 aromatic heterocycles. The Bertz CT molecular complexity index is 793. The predicted octanol–water partition coefficient (Wildman–Crippen LogP) is 17.7. The van der Waals surface area contributed by atoms with Crippen molar-refractivity contribution in [2.24, 2.45) is 29.6 Å². The molecule has 0 aliphatic rings. The lowest BCUT2D eigenvalue weighted by Gasteiger charge is -2.29. The zero-order chi connectivity index (χ0) is 40.5. The van der Waals surface area contributed by atoms with E-state index >= 15 is 0 Å². The van der Waals surface area contributed by atoms with Gasteiger partial charge in [0.05, 0.1) is 6.07 Å². The van der Waals surface area contributed by atoms with Crippen LogP contribution in [0.3, 0.4) is 0 Å². The quantitative estimate of drug-likeness (QED) is 0.0468. The third-order valence-corrected chi connectivity index (χ3v) is 11.4. The van der Waals surface area contributed by atoms with Crippen LogP contribution in [0.1, 0.15) is 250 Å². The Morgan fingerprint density at radius 2 is 0.943 bits per heavy atom. The van der Waals surface area contributed by atoms with Crippen LogP contribution < -0.4 is 0 Å². The standard InChI is InChI=1S/C47H90N2.2C2H6/c1-10-14-21-35-46(33-15-11-2)44(8)31-24-19-22-29-42(6)39-49(37-27-18-17-26-36-48)40-43(7)30-23-20-25-32-45(9)47(34-16-12-3)38-41(5)28-13-4;2*1-2/h41-43,46-47H,8-35,37-40H2,1-7H3;2*1-2H3. The smallest absolute Gasteiger partial charge is 0.0621 e. The van der Waals surface area contributed by atoms with E-state index in [-0.39, 0.29) is 0 Å². The van der Waals surface area contributed by atoms with Crippen molar-refractivity contribution in [1.82, 2.24) is 4.90 Å². The molecule has 0 fully saturated rings. The molecule has 0 amide bonds. The second-order valence-electron chi connectivity index (χ2n) is 16.8. The number of rotatable bonds is 37. The lowest BCUT2D eigenvalue weighted by molar-refractivity contribution is 0.193. The maximum Gasteiger partial charge on any atom is 0.0621 e. The van der Waals surface area contributed by atoms with Gasteiger partial charge in [0.1, 0.15) is 0 Å². The van der Waals surface area contributed by atoms with Gasteiger partial charge in [0.2, 0.25) is 0 Å². The first-order valence-corrected chi connectivity index (χ1v) is 24.2. The molecule has 0 aromatic carbocycles. The lowest BCUT2D eigenvalue weighted by atomic mass is 9.83. The van der Waals surface area contributed by atoms with Crippen LogP contribution >= 0.6 is 0 Å². The van der Waals surface area contributed by atoms with Crippen molar-refractivity contribution in [1.29, 1.82) is 5.26 Å². The van der Waals surface area contributed by atoms with Gasteiger partial charge in [-0.3, -0.25) is 0 Å². The topological polar surface area (TPSA) is 27.0 Å². The molecule has 0 rings (SSSR count). The number of unbranched alkanes of at least 4 members (excludes halogenated alkanes) is 11. The molecule has 53 heavy (non-hydrogen) atoms. The molecule has 0 spiro atoms. The molecule has 0 heterocycles. The summed E-state index contributed by atoms with van der Waals surface area (Å²) in [6, 6.07) is 2.33. The Labute approximate surface area is 338 Å². The minimum Gasteiger partial charge on any atom is -0.303 e. The third kappa shape index (κ3) is 36.3. The van der Waals surface area contributed by atoms with E-state index in [9.17, 15) is 0 Å². The average Bonchev–Trinajstić information content (AvgIpc) is 3.15. The number of nitrogens with zero attached hydrogens (tertiary/aromatic N) is 2. The third-order valence-electron chi connectivity index (χ3n) is 11.4. The molecule has 316 valence electrons. The highest BCUT2D eigenvalue weighted by Gasteiger charge is 2.17. The fraction of sp³-hybridized carbons (Fsp3) is 0.902. The minimum atomic E-state index is 0.709. The molecule has 0 bridgehead atoms. The van der Waals surface area contributed by atoms with Gasteiger partial charge < -0.3 is 4.90 Å². The zero-order valence-corrected chi connectivity index (χ0v) is 38.9. The van der Waals surface area contributed by atoms with Crippen molar-refractivity contribution in [3.05, 3.63) is 24.3 Å². The maximum atomic E-state index is 8.97. The number of hydrogen-bond acceptors (Lipinski definition) is 2. The van der Waals surface area contributed by atoms with Gasteiger partial charge in [-0.05, 0) is 113 Å². The largest absolute Gasteiger partial charge is 0.303 e. The van der Waals surface area contributed by atoms with Crippen molar-refractivity contribution in [2.75, 3.05) is 19.6 Å². The molecule has 0 N–H and O–H groups in total. The van der Waals surface area contributed by atoms with Crippen LogP contribution in [-0.4, -0.2) is 24.5 Å².